The van der Waals surface area contributed by atoms with Crippen LogP contribution in [0.1, 0.15) is 18.1 Å². The van der Waals surface area contributed by atoms with Crippen molar-refractivity contribution < 1.29 is 14.3 Å². The molecule has 0 amide bonds. The molecular weight excluding hydrogens is 580 g/mol. The Morgan fingerprint density at radius 3 is 2.54 bits per heavy atom. The molecule has 4 nitrogen and oxygen atoms in total. The van der Waals surface area contributed by atoms with Crippen molar-refractivity contribution in [3.05, 3.63) is 78.6 Å². The lowest BCUT2D eigenvalue weighted by molar-refractivity contribution is -0.129. The minimum atomic E-state index is -0.443. The van der Waals surface area contributed by atoms with Gasteiger partial charge in [0.15, 0.2) is 5.70 Å². The maximum absolute atomic E-state index is 12.4. The Balaban J connectivity index is 1.73. The fourth-order valence-electron chi connectivity index (χ4n) is 3.04. The molecule has 28 heavy (non-hydrogen) atoms. The molecule has 0 N–H and O–H groups in total. The number of fused-ring (bicyclic) bond motifs is 1. The van der Waals surface area contributed by atoms with E-state index in [2.05, 4.69) is 50.2 Å². The van der Waals surface area contributed by atoms with Gasteiger partial charge in [0.2, 0.25) is 5.90 Å². The highest BCUT2D eigenvalue weighted by Gasteiger charge is 2.25. The number of ether oxygens (including phenoxy) is 2. The lowest BCUT2D eigenvalue weighted by Crippen LogP contribution is -2.05. The molecule has 1 aliphatic rings. The molecule has 3 aromatic rings. The van der Waals surface area contributed by atoms with Crippen LogP contribution < -0.4 is 4.74 Å². The summed E-state index contributed by atoms with van der Waals surface area (Å²) in [5.74, 6) is 0.755. The number of hydrogen-bond donors (Lipinski definition) is 0. The Morgan fingerprint density at radius 2 is 1.79 bits per heavy atom. The third-order valence-corrected chi connectivity index (χ3v) is 5.86. The molecule has 0 spiro atoms. The van der Waals surface area contributed by atoms with Gasteiger partial charge in [0.25, 0.3) is 0 Å². The van der Waals surface area contributed by atoms with Crippen LogP contribution in [0.15, 0.2) is 65.3 Å². The third-order valence-electron chi connectivity index (χ3n) is 4.25. The van der Waals surface area contributed by atoms with Crippen LogP contribution in [0.4, 0.5) is 0 Å². The first kappa shape index (κ1) is 19.4. The third kappa shape index (κ3) is 3.80. The number of benzene rings is 3. The van der Waals surface area contributed by atoms with Gasteiger partial charge in [-0.3, -0.25) is 0 Å². The molecule has 0 fully saturated rings. The van der Waals surface area contributed by atoms with Crippen LogP contribution in [0.5, 0.6) is 5.75 Å². The van der Waals surface area contributed by atoms with E-state index in [9.17, 15) is 4.79 Å². The first-order valence-corrected chi connectivity index (χ1v) is 10.8. The first-order valence-electron chi connectivity index (χ1n) is 8.69. The van der Waals surface area contributed by atoms with Gasteiger partial charge in [-0.25, -0.2) is 9.79 Å². The van der Waals surface area contributed by atoms with Gasteiger partial charge in [0.1, 0.15) is 5.75 Å². The molecule has 0 atom stereocenters. The fraction of sp³-hybridized carbons (Fsp3) is 0.0909. The van der Waals surface area contributed by atoms with Crippen molar-refractivity contribution in [3.8, 4) is 5.75 Å². The van der Waals surface area contributed by atoms with Crippen molar-refractivity contribution in [2.45, 2.75) is 6.92 Å². The van der Waals surface area contributed by atoms with Gasteiger partial charge in [0.05, 0.1) is 13.7 Å². The quantitative estimate of drug-likeness (QED) is 0.218. The molecule has 0 unspecified atom stereocenters. The summed E-state index contributed by atoms with van der Waals surface area (Å²) in [6, 6.07) is 17.8. The number of carbonyl (C=O) groups excluding carboxylic acids is 1. The summed E-state index contributed by atoms with van der Waals surface area (Å²) in [6.07, 6.45) is 1.75. The number of aliphatic imine (C=N–C) groups is 1. The van der Waals surface area contributed by atoms with E-state index in [1.165, 1.54) is 0 Å². The van der Waals surface area contributed by atoms with E-state index in [-0.39, 0.29) is 0 Å². The number of nitrogens with zero attached hydrogens (tertiary/aromatic N) is 1. The molecule has 0 aromatic heterocycles. The molecule has 0 saturated carbocycles. The molecule has 0 bridgehead atoms. The second-order valence-electron chi connectivity index (χ2n) is 6.11. The van der Waals surface area contributed by atoms with Gasteiger partial charge in [0, 0.05) is 5.56 Å². The second-order valence-corrected chi connectivity index (χ2v) is 8.43. The van der Waals surface area contributed by atoms with E-state index in [1.54, 1.807) is 6.08 Å². The number of cyclic esters (lactones) is 1. The summed E-state index contributed by atoms with van der Waals surface area (Å²) in [5, 5.41) is 2.08. The Kier molecular flexibility index (Phi) is 5.68. The predicted molar refractivity (Wildman–Crippen MR) is 128 cm³/mol. The summed E-state index contributed by atoms with van der Waals surface area (Å²) in [4.78, 5) is 16.9. The van der Waals surface area contributed by atoms with E-state index < -0.39 is 5.97 Å². The van der Waals surface area contributed by atoms with Gasteiger partial charge in [-0.1, -0.05) is 36.4 Å². The van der Waals surface area contributed by atoms with Crippen LogP contribution in [-0.4, -0.2) is 18.5 Å². The minimum Gasteiger partial charge on any atom is -0.492 e. The number of halogens is 2. The summed E-state index contributed by atoms with van der Waals surface area (Å²) in [7, 11) is 0. The van der Waals surface area contributed by atoms with Gasteiger partial charge in [-0.15, -0.1) is 0 Å². The normalized spacial score (nSPS) is 15.0. The van der Waals surface area contributed by atoms with Crippen LogP contribution in [0.3, 0.4) is 0 Å². The van der Waals surface area contributed by atoms with E-state index >= 15 is 0 Å². The van der Waals surface area contributed by atoms with Crippen molar-refractivity contribution in [3.63, 3.8) is 0 Å². The lowest BCUT2D eigenvalue weighted by Gasteiger charge is -2.09. The van der Waals surface area contributed by atoms with Crippen molar-refractivity contribution in [2.24, 2.45) is 4.99 Å². The summed E-state index contributed by atoms with van der Waals surface area (Å²) in [5.41, 5.74) is 1.98. The predicted octanol–water partition coefficient (Wildman–Crippen LogP) is 5.79. The summed E-state index contributed by atoms with van der Waals surface area (Å²) >= 11 is 4.48. The van der Waals surface area contributed by atoms with Crippen LogP contribution in [0.25, 0.3) is 16.8 Å². The Morgan fingerprint density at radius 1 is 1.07 bits per heavy atom. The number of hydrogen-bond acceptors (Lipinski definition) is 4. The molecule has 0 radical (unpaired) electrons. The fourth-order valence-corrected chi connectivity index (χ4v) is 5.17. The average molecular weight is 595 g/mol. The van der Waals surface area contributed by atoms with Crippen LogP contribution in [-0.2, 0) is 9.53 Å². The zero-order chi connectivity index (χ0) is 19.7. The minimum absolute atomic E-state index is 0.290. The van der Waals surface area contributed by atoms with Crippen molar-refractivity contribution >= 4 is 73.9 Å². The van der Waals surface area contributed by atoms with E-state index in [1.807, 2.05) is 61.5 Å². The Hall–Kier alpha value is -1.94. The molecule has 4 rings (SSSR count). The Bertz CT molecular complexity index is 1120. The molecule has 1 aliphatic heterocycles. The molecule has 0 saturated heterocycles. The maximum atomic E-state index is 12.4. The van der Waals surface area contributed by atoms with Crippen molar-refractivity contribution in [1.29, 1.82) is 0 Å². The molecular formula is C22H15I2NO3. The topological polar surface area (TPSA) is 47.9 Å². The first-order chi connectivity index (χ1) is 13.6. The zero-order valence-corrected chi connectivity index (χ0v) is 19.2. The highest BCUT2D eigenvalue weighted by Crippen LogP contribution is 2.31. The monoisotopic (exact) mass is 595 g/mol. The highest BCUT2D eigenvalue weighted by atomic mass is 127. The number of rotatable bonds is 4. The lowest BCUT2D eigenvalue weighted by atomic mass is 10.0. The van der Waals surface area contributed by atoms with Crippen molar-refractivity contribution in [2.75, 3.05) is 6.61 Å². The largest absolute Gasteiger partial charge is 0.492 e. The SMILES string of the molecule is CCOc1c(I)cc(C=C2N=C(c3cccc4ccccc34)OC2=O)cc1I. The van der Waals surface area contributed by atoms with Gasteiger partial charge >= 0.3 is 5.97 Å². The highest BCUT2D eigenvalue weighted by molar-refractivity contribution is 14.1. The standard InChI is InChI=1S/C22H15I2NO3/c1-2-27-20-17(23)10-13(11-18(20)24)12-19-22(26)28-21(25-19)16-9-5-7-14-6-3-4-8-15(14)16/h3-12H,2H2,1H3. The number of esters is 1. The van der Waals surface area contributed by atoms with E-state index in [0.29, 0.717) is 18.2 Å². The van der Waals surface area contributed by atoms with E-state index in [0.717, 1.165) is 34.8 Å². The van der Waals surface area contributed by atoms with Gasteiger partial charge < -0.3 is 9.47 Å². The van der Waals surface area contributed by atoms with Crippen LogP contribution in [0, 0.1) is 7.14 Å². The zero-order valence-electron chi connectivity index (χ0n) is 14.9. The van der Waals surface area contributed by atoms with Gasteiger partial charge in [-0.2, -0.15) is 0 Å². The summed E-state index contributed by atoms with van der Waals surface area (Å²) in [6.45, 7) is 2.57. The number of carbonyl (C=O) groups is 1. The molecule has 6 heteroatoms. The van der Waals surface area contributed by atoms with Crippen LogP contribution >= 0.6 is 45.2 Å². The molecule has 3 aromatic carbocycles. The average Bonchev–Trinajstić information content (AvgIpc) is 3.04. The van der Waals surface area contributed by atoms with Crippen molar-refractivity contribution in [1.82, 2.24) is 0 Å². The van der Waals surface area contributed by atoms with Gasteiger partial charge in [-0.05, 0) is 92.7 Å². The molecule has 0 aliphatic carbocycles. The molecule has 1 heterocycles. The smallest absolute Gasteiger partial charge is 0.363 e. The van der Waals surface area contributed by atoms with E-state index in [4.69, 9.17) is 9.47 Å². The molecule has 140 valence electrons. The second kappa shape index (κ2) is 8.20. The Labute approximate surface area is 189 Å². The van der Waals surface area contributed by atoms with Crippen LogP contribution in [0.2, 0.25) is 0 Å². The summed E-state index contributed by atoms with van der Waals surface area (Å²) < 4.78 is 13.1. The maximum Gasteiger partial charge on any atom is 0.363 e.